The largest absolute Gasteiger partial charge is 0.384 e. The third-order valence-corrected chi connectivity index (χ3v) is 6.64. The number of Topliss-reactive ketones (excluding diaryl/α,β-unsaturated/α-hetero) is 1. The van der Waals surface area contributed by atoms with E-state index in [2.05, 4.69) is 4.98 Å². The second-order valence-corrected chi connectivity index (χ2v) is 8.67. The first-order chi connectivity index (χ1) is 16.4. The molecule has 2 aromatic carbocycles. The molecule has 0 radical (unpaired) electrons. The Morgan fingerprint density at radius 3 is 2.29 bits per heavy atom. The quantitative estimate of drug-likeness (QED) is 0.310. The fraction of sp³-hybridized carbons (Fsp3) is 0.200. The van der Waals surface area contributed by atoms with E-state index in [4.69, 9.17) is 5.73 Å². The number of nitrogens with zero attached hydrogens (tertiary/aromatic N) is 4. The van der Waals surface area contributed by atoms with Gasteiger partial charge in [0.05, 0.1) is 24.2 Å². The van der Waals surface area contributed by atoms with Crippen molar-refractivity contribution in [2.45, 2.75) is 25.2 Å². The van der Waals surface area contributed by atoms with Crippen molar-refractivity contribution in [1.29, 1.82) is 0 Å². The van der Waals surface area contributed by atoms with Gasteiger partial charge in [0.2, 0.25) is 0 Å². The highest BCUT2D eigenvalue weighted by Gasteiger charge is 2.23. The second kappa shape index (κ2) is 9.96. The Bertz CT molecular complexity index is 1440. The average Bonchev–Trinajstić information content (AvgIpc) is 3.22. The van der Waals surface area contributed by atoms with Gasteiger partial charge in [-0.1, -0.05) is 72.4 Å². The third kappa shape index (κ3) is 4.47. The van der Waals surface area contributed by atoms with E-state index in [0.29, 0.717) is 5.16 Å². The molecule has 0 saturated heterocycles. The number of rotatable bonds is 8. The zero-order chi connectivity index (χ0) is 24.2. The number of anilines is 1. The van der Waals surface area contributed by atoms with E-state index < -0.39 is 17.0 Å². The summed E-state index contributed by atoms with van der Waals surface area (Å²) in [5.74, 6) is -0.592. The van der Waals surface area contributed by atoms with Crippen LogP contribution in [0.3, 0.4) is 0 Å². The lowest BCUT2D eigenvalue weighted by molar-refractivity contribution is 0.102. The smallest absolute Gasteiger partial charge is 0.332 e. The predicted octanol–water partition coefficient (Wildman–Crippen LogP) is 3.04. The molecule has 34 heavy (non-hydrogen) atoms. The molecule has 2 heterocycles. The molecule has 2 aromatic heterocycles. The number of benzene rings is 2. The van der Waals surface area contributed by atoms with E-state index in [1.807, 2.05) is 72.3 Å². The van der Waals surface area contributed by atoms with Gasteiger partial charge in [-0.2, -0.15) is 0 Å². The summed E-state index contributed by atoms with van der Waals surface area (Å²) in [5.41, 5.74) is 7.64. The molecule has 9 heteroatoms. The normalized spacial score (nSPS) is 11.0. The molecule has 2 N–H and O–H groups in total. The van der Waals surface area contributed by atoms with Crippen LogP contribution >= 0.6 is 11.8 Å². The molecule has 0 spiro atoms. The molecule has 0 aliphatic rings. The Kier molecular flexibility index (Phi) is 6.83. The predicted molar refractivity (Wildman–Crippen MR) is 134 cm³/mol. The van der Waals surface area contributed by atoms with Gasteiger partial charge in [-0.25, -0.2) is 9.78 Å². The fourth-order valence-electron chi connectivity index (χ4n) is 3.78. The minimum atomic E-state index is -0.662. The molecule has 4 aromatic rings. The van der Waals surface area contributed by atoms with Crippen molar-refractivity contribution in [1.82, 2.24) is 18.7 Å². The minimum absolute atomic E-state index is 0.0359. The van der Waals surface area contributed by atoms with Crippen molar-refractivity contribution >= 4 is 23.4 Å². The lowest BCUT2D eigenvalue weighted by atomic mass is 10.2. The molecular formula is C25H25N5O3S. The molecule has 0 aliphatic carbocycles. The molecule has 0 atom stereocenters. The Balaban J connectivity index is 1.64. The molecule has 0 saturated carbocycles. The summed E-state index contributed by atoms with van der Waals surface area (Å²) in [5, 5.41) is 0.638. The SMILES string of the molecule is CCn1c(=O)c(C(=O)CSc2ncc(-c3ccccc3)n2C)c(N)n(Cc2ccccc2)c1=O. The van der Waals surface area contributed by atoms with Crippen LogP contribution < -0.4 is 17.0 Å². The van der Waals surface area contributed by atoms with E-state index >= 15 is 0 Å². The zero-order valence-corrected chi connectivity index (χ0v) is 19.8. The lowest BCUT2D eigenvalue weighted by Gasteiger charge is -2.15. The number of aromatic nitrogens is 4. The number of hydrogen-bond donors (Lipinski definition) is 1. The topological polar surface area (TPSA) is 105 Å². The van der Waals surface area contributed by atoms with Crippen molar-refractivity contribution in [3.8, 4) is 11.3 Å². The van der Waals surface area contributed by atoms with Crippen LogP contribution in [-0.4, -0.2) is 30.2 Å². The highest BCUT2D eigenvalue weighted by molar-refractivity contribution is 7.99. The maximum Gasteiger partial charge on any atom is 0.332 e. The first-order valence-electron chi connectivity index (χ1n) is 10.8. The molecule has 0 bridgehead atoms. The van der Waals surface area contributed by atoms with Crippen molar-refractivity contribution in [2.75, 3.05) is 11.5 Å². The van der Waals surface area contributed by atoms with Crippen LogP contribution in [0.4, 0.5) is 5.82 Å². The zero-order valence-electron chi connectivity index (χ0n) is 19.0. The Labute approximate surface area is 200 Å². The molecule has 8 nitrogen and oxygen atoms in total. The van der Waals surface area contributed by atoms with Crippen LogP contribution in [0.5, 0.6) is 0 Å². The number of carbonyl (C=O) groups excluding carboxylic acids is 1. The van der Waals surface area contributed by atoms with Gasteiger partial charge >= 0.3 is 5.69 Å². The number of ketones is 1. The van der Waals surface area contributed by atoms with E-state index in [9.17, 15) is 14.4 Å². The van der Waals surface area contributed by atoms with E-state index in [0.717, 1.165) is 21.4 Å². The minimum Gasteiger partial charge on any atom is -0.384 e. The Morgan fingerprint density at radius 2 is 1.65 bits per heavy atom. The van der Waals surface area contributed by atoms with Crippen LogP contribution in [0.15, 0.2) is 81.6 Å². The summed E-state index contributed by atoms with van der Waals surface area (Å²) < 4.78 is 4.23. The third-order valence-electron chi connectivity index (χ3n) is 5.59. The first kappa shape index (κ1) is 23.3. The monoisotopic (exact) mass is 475 g/mol. The summed E-state index contributed by atoms with van der Waals surface area (Å²) >= 11 is 1.22. The number of nitrogens with two attached hydrogens (primary N) is 1. The number of imidazole rings is 1. The maximum atomic E-state index is 13.2. The number of thioether (sulfide) groups is 1. The molecular weight excluding hydrogens is 450 g/mol. The van der Waals surface area contributed by atoms with E-state index in [1.165, 1.54) is 16.3 Å². The molecule has 0 aliphatic heterocycles. The van der Waals surface area contributed by atoms with Crippen LogP contribution in [0.25, 0.3) is 11.3 Å². The van der Waals surface area contributed by atoms with Gasteiger partial charge in [0.25, 0.3) is 5.56 Å². The van der Waals surface area contributed by atoms with Gasteiger partial charge in [0, 0.05) is 13.6 Å². The summed E-state index contributed by atoms with van der Waals surface area (Å²) in [6, 6.07) is 19.1. The molecule has 174 valence electrons. The van der Waals surface area contributed by atoms with Crippen molar-refractivity contribution < 1.29 is 4.79 Å². The van der Waals surface area contributed by atoms with Crippen LogP contribution in [0.1, 0.15) is 22.8 Å². The van der Waals surface area contributed by atoms with Gasteiger partial charge in [-0.3, -0.25) is 18.7 Å². The standard InChI is InChI=1S/C25H25N5O3S/c1-3-29-23(32)21(22(26)30(25(29)33)15-17-10-6-4-7-11-17)20(31)16-34-24-27-14-19(28(24)2)18-12-8-5-9-13-18/h4-14H,3,15-16,26H2,1-2H3. The van der Waals surface area contributed by atoms with Gasteiger partial charge < -0.3 is 10.3 Å². The van der Waals surface area contributed by atoms with Gasteiger partial charge in [-0.15, -0.1) is 0 Å². The van der Waals surface area contributed by atoms with Gasteiger partial charge in [0.15, 0.2) is 10.9 Å². The highest BCUT2D eigenvalue weighted by atomic mass is 32.2. The Hall–Kier alpha value is -3.85. The summed E-state index contributed by atoms with van der Waals surface area (Å²) in [6.45, 7) is 1.99. The van der Waals surface area contributed by atoms with Crippen LogP contribution in [0.2, 0.25) is 0 Å². The molecule has 0 fully saturated rings. The van der Waals surface area contributed by atoms with Crippen molar-refractivity contribution in [3.63, 3.8) is 0 Å². The molecule has 4 rings (SSSR count). The molecule has 0 amide bonds. The van der Waals surface area contributed by atoms with Gasteiger partial charge in [0.1, 0.15) is 11.4 Å². The summed E-state index contributed by atoms with van der Waals surface area (Å²) in [7, 11) is 1.88. The number of hydrogen-bond acceptors (Lipinski definition) is 6. The number of carbonyl (C=O) groups is 1. The molecule has 0 unspecified atom stereocenters. The van der Waals surface area contributed by atoms with E-state index in [1.54, 1.807) is 13.1 Å². The Morgan fingerprint density at radius 1 is 1.00 bits per heavy atom. The second-order valence-electron chi connectivity index (χ2n) is 7.73. The first-order valence-corrected chi connectivity index (χ1v) is 11.8. The van der Waals surface area contributed by atoms with Crippen LogP contribution in [-0.2, 0) is 20.1 Å². The summed E-state index contributed by atoms with van der Waals surface area (Å²) in [6.07, 6.45) is 1.75. The van der Waals surface area contributed by atoms with Crippen LogP contribution in [0, 0.1) is 0 Å². The average molecular weight is 476 g/mol. The van der Waals surface area contributed by atoms with Crippen molar-refractivity contribution in [2.24, 2.45) is 7.05 Å². The number of nitrogen functional groups attached to an aromatic ring is 1. The van der Waals surface area contributed by atoms with E-state index in [-0.39, 0.29) is 30.2 Å². The van der Waals surface area contributed by atoms with Crippen molar-refractivity contribution in [3.05, 3.63) is 98.8 Å². The highest BCUT2D eigenvalue weighted by Crippen LogP contribution is 2.25. The van der Waals surface area contributed by atoms with Gasteiger partial charge in [-0.05, 0) is 18.1 Å². The lowest BCUT2D eigenvalue weighted by Crippen LogP contribution is -2.44. The summed E-state index contributed by atoms with van der Waals surface area (Å²) in [4.78, 5) is 43.5. The fourth-order valence-corrected chi connectivity index (χ4v) is 4.60. The maximum absolute atomic E-state index is 13.2.